The number of rotatable bonds is 6. The number of alkyl halides is 4. The van der Waals surface area contributed by atoms with Crippen molar-refractivity contribution in [2.75, 3.05) is 5.32 Å². The van der Waals surface area contributed by atoms with Gasteiger partial charge in [0, 0.05) is 23.3 Å². The molecular weight excluding hydrogens is 668 g/mol. The van der Waals surface area contributed by atoms with Gasteiger partial charge >= 0.3 is 6.18 Å². The number of nitrogens with zero attached hydrogens (tertiary/aromatic N) is 7. The summed E-state index contributed by atoms with van der Waals surface area (Å²) in [5, 5.41) is 18.0. The first-order valence-electron chi connectivity index (χ1n) is 13.0. The van der Waals surface area contributed by atoms with Crippen LogP contribution in [0, 0.1) is 12.8 Å². The Labute approximate surface area is 251 Å². The summed E-state index contributed by atoms with van der Waals surface area (Å²) in [5.41, 5.74) is 1.34. The van der Waals surface area contributed by atoms with Crippen molar-refractivity contribution >= 4 is 51.1 Å². The number of hydrogen-bond donors (Lipinski definition) is 2. The van der Waals surface area contributed by atoms with Crippen molar-refractivity contribution in [3.05, 3.63) is 60.2 Å². The summed E-state index contributed by atoms with van der Waals surface area (Å²) in [6.07, 6.45) is -0.365. The van der Waals surface area contributed by atoms with Crippen LogP contribution in [0.25, 0.3) is 22.0 Å². The van der Waals surface area contributed by atoms with Crippen LogP contribution in [-0.2, 0) is 22.3 Å². The van der Waals surface area contributed by atoms with E-state index in [9.17, 15) is 27.9 Å². The molecule has 1 unspecified atom stereocenters. The maximum Gasteiger partial charge on any atom is 0.434 e. The predicted molar refractivity (Wildman–Crippen MR) is 154 cm³/mol. The highest BCUT2D eigenvalue weighted by molar-refractivity contribution is 14.1. The minimum absolute atomic E-state index is 0.0698. The number of carbonyl (C=O) groups is 2. The van der Waals surface area contributed by atoms with Gasteiger partial charge in [0.05, 0.1) is 33.8 Å². The van der Waals surface area contributed by atoms with Gasteiger partial charge in [-0.25, -0.2) is 15.0 Å². The van der Waals surface area contributed by atoms with Gasteiger partial charge < -0.3 is 15.3 Å². The highest BCUT2D eigenvalue weighted by Crippen LogP contribution is 2.36. The maximum absolute atomic E-state index is 13.7. The molecule has 15 heteroatoms. The molecule has 4 atom stereocenters. The number of hydrogen-bond acceptors (Lipinski definition) is 8. The summed E-state index contributed by atoms with van der Waals surface area (Å²) in [6, 6.07) is 4.54. The first kappa shape index (κ1) is 29.8. The summed E-state index contributed by atoms with van der Waals surface area (Å²) in [4.78, 5) is 43.8. The summed E-state index contributed by atoms with van der Waals surface area (Å²) in [5.74, 6) is -0.870. The molecule has 0 aliphatic carbocycles. The molecule has 4 aromatic rings. The van der Waals surface area contributed by atoms with Crippen LogP contribution in [0.15, 0.2) is 43.0 Å². The zero-order valence-corrected chi connectivity index (χ0v) is 24.8. The van der Waals surface area contributed by atoms with Crippen LogP contribution in [0.3, 0.4) is 0 Å². The van der Waals surface area contributed by atoms with Gasteiger partial charge in [-0.15, -0.1) is 0 Å². The minimum atomic E-state index is -4.73. The van der Waals surface area contributed by atoms with Crippen LogP contribution in [0.2, 0.25) is 0 Å². The Bertz CT molecular complexity index is 1640. The number of benzene rings is 1. The number of halogens is 4. The molecule has 1 aliphatic heterocycles. The summed E-state index contributed by atoms with van der Waals surface area (Å²) >= 11 is 2.09. The second-order valence-electron chi connectivity index (χ2n) is 10.1. The molecule has 1 saturated heterocycles. The third-order valence-electron chi connectivity index (χ3n) is 7.01. The van der Waals surface area contributed by atoms with Crippen molar-refractivity contribution in [2.24, 2.45) is 5.92 Å². The summed E-state index contributed by atoms with van der Waals surface area (Å²) in [6.45, 7) is 5.03. The molecule has 2 N–H and O–H groups in total. The number of aryl methyl sites for hydroxylation is 1. The van der Waals surface area contributed by atoms with Crippen LogP contribution in [0.1, 0.15) is 43.6 Å². The molecule has 0 spiro atoms. The zero-order chi connectivity index (χ0) is 30.3. The van der Waals surface area contributed by atoms with E-state index in [1.54, 1.807) is 32.3 Å². The lowest BCUT2D eigenvalue weighted by Gasteiger charge is -2.27. The van der Waals surface area contributed by atoms with E-state index in [-0.39, 0.29) is 22.3 Å². The second-order valence-corrected chi connectivity index (χ2v) is 11.4. The fourth-order valence-electron chi connectivity index (χ4n) is 4.91. The standard InChI is InChI=1S/C27H26F3IN8O3/c1-13-6-20(26(42)36-22-11-32-10-21(35-22)27(28,29)30)39(25(13)31)23(41)12-38-19-5-4-16(17-8-33-15(3)34-9-17)7-18(19)24(37-38)14(2)40/h4-5,7-11,13-14,20,25,40H,6,12H2,1-3H3,(H,35,36,42)/t13-,14?,20-,25-/m0/s1. The molecule has 0 radical (unpaired) electrons. The Morgan fingerprint density at radius 2 is 1.88 bits per heavy atom. The topological polar surface area (TPSA) is 139 Å². The number of aliphatic hydroxyl groups is 1. The van der Waals surface area contributed by atoms with E-state index in [0.29, 0.717) is 35.0 Å². The van der Waals surface area contributed by atoms with Crippen molar-refractivity contribution in [1.82, 2.24) is 34.6 Å². The van der Waals surface area contributed by atoms with Gasteiger partial charge in [0.15, 0.2) is 11.5 Å². The van der Waals surface area contributed by atoms with Gasteiger partial charge in [0.2, 0.25) is 11.8 Å². The highest BCUT2D eigenvalue weighted by Gasteiger charge is 2.44. The molecule has 3 aromatic heterocycles. The molecule has 1 fully saturated rings. The van der Waals surface area contributed by atoms with Crippen LogP contribution < -0.4 is 5.32 Å². The number of fused-ring (bicyclic) bond motifs is 1. The van der Waals surface area contributed by atoms with Gasteiger partial charge in [-0.2, -0.15) is 18.3 Å². The highest BCUT2D eigenvalue weighted by atomic mass is 127. The monoisotopic (exact) mass is 694 g/mol. The Morgan fingerprint density at radius 1 is 1.17 bits per heavy atom. The summed E-state index contributed by atoms with van der Waals surface area (Å²) in [7, 11) is 0. The van der Waals surface area contributed by atoms with E-state index >= 15 is 0 Å². The number of aromatic nitrogens is 6. The molecule has 1 aliphatic rings. The van der Waals surface area contributed by atoms with E-state index in [1.165, 1.54) is 9.58 Å². The average Bonchev–Trinajstić information content (AvgIpc) is 3.45. The lowest BCUT2D eigenvalue weighted by Crippen LogP contribution is -2.47. The number of aliphatic hydroxyl groups excluding tert-OH is 1. The molecule has 0 saturated carbocycles. The Balaban J connectivity index is 1.41. The van der Waals surface area contributed by atoms with Crippen LogP contribution >= 0.6 is 22.6 Å². The lowest BCUT2D eigenvalue weighted by atomic mass is 10.0. The third kappa shape index (κ3) is 5.92. The van der Waals surface area contributed by atoms with E-state index < -0.39 is 35.8 Å². The smallest absolute Gasteiger partial charge is 0.387 e. The van der Waals surface area contributed by atoms with Gasteiger partial charge in [-0.05, 0) is 43.9 Å². The van der Waals surface area contributed by atoms with Crippen LogP contribution in [-0.4, -0.2) is 61.6 Å². The number of carbonyl (C=O) groups excluding carboxylic acids is 2. The van der Waals surface area contributed by atoms with E-state index in [0.717, 1.165) is 17.3 Å². The largest absolute Gasteiger partial charge is 0.434 e. The van der Waals surface area contributed by atoms with Gasteiger partial charge in [0.25, 0.3) is 0 Å². The first-order valence-corrected chi connectivity index (χ1v) is 14.2. The van der Waals surface area contributed by atoms with Crippen LogP contribution in [0.4, 0.5) is 19.0 Å². The fourth-order valence-corrected chi connectivity index (χ4v) is 5.90. The second kappa shape index (κ2) is 11.5. The van der Waals surface area contributed by atoms with Crippen molar-refractivity contribution in [3.63, 3.8) is 0 Å². The van der Waals surface area contributed by atoms with Crippen molar-refractivity contribution in [2.45, 2.75) is 56.1 Å². The third-order valence-corrected chi connectivity index (χ3v) is 8.83. The molecule has 11 nitrogen and oxygen atoms in total. The van der Waals surface area contributed by atoms with E-state index in [4.69, 9.17) is 0 Å². The fraction of sp³-hybridized carbons (Fsp3) is 0.370. The maximum atomic E-state index is 13.7. The lowest BCUT2D eigenvalue weighted by molar-refractivity contribution is -0.141. The van der Waals surface area contributed by atoms with Gasteiger partial charge in [0.1, 0.15) is 18.4 Å². The molecular formula is C27H26F3IN8O3. The average molecular weight is 694 g/mol. The number of amides is 2. The van der Waals surface area contributed by atoms with E-state index in [1.807, 2.05) is 19.1 Å². The Hall–Kier alpha value is -3.73. The molecule has 220 valence electrons. The summed E-state index contributed by atoms with van der Waals surface area (Å²) < 4.78 is 40.3. The van der Waals surface area contributed by atoms with Gasteiger partial charge in [-0.3, -0.25) is 19.3 Å². The Morgan fingerprint density at radius 3 is 2.55 bits per heavy atom. The number of likely N-dealkylation sites (tertiary alicyclic amines) is 1. The van der Waals surface area contributed by atoms with Crippen molar-refractivity contribution in [3.8, 4) is 11.1 Å². The molecule has 0 bridgehead atoms. The minimum Gasteiger partial charge on any atom is -0.387 e. The van der Waals surface area contributed by atoms with Crippen molar-refractivity contribution in [1.29, 1.82) is 0 Å². The number of anilines is 1. The quantitative estimate of drug-likeness (QED) is 0.173. The normalized spacial score (nSPS) is 19.7. The van der Waals surface area contributed by atoms with Crippen molar-refractivity contribution < 1.29 is 27.9 Å². The molecule has 4 heterocycles. The SMILES string of the molecule is Cc1ncc(-c2ccc3c(c2)c(C(C)O)nn3CC(=O)N2[C@H](I)[C@@H](C)C[C@H]2C(=O)Nc2cncc(C(F)(F)F)n2)cn1. The molecule has 1 aromatic carbocycles. The zero-order valence-electron chi connectivity index (χ0n) is 22.7. The Kier molecular flexibility index (Phi) is 8.15. The molecule has 5 rings (SSSR count). The van der Waals surface area contributed by atoms with Crippen LogP contribution in [0.5, 0.6) is 0 Å². The predicted octanol–water partition coefficient (Wildman–Crippen LogP) is 4.30. The molecule has 2 amide bonds. The van der Waals surface area contributed by atoms with E-state index in [2.05, 4.69) is 52.9 Å². The van der Waals surface area contributed by atoms with Gasteiger partial charge in [-0.1, -0.05) is 35.6 Å². The number of nitrogens with one attached hydrogen (secondary N) is 1. The molecule has 42 heavy (non-hydrogen) atoms. The first-order chi connectivity index (χ1) is 19.8.